The van der Waals surface area contributed by atoms with E-state index in [1.165, 1.54) is 6.92 Å². The highest BCUT2D eigenvalue weighted by Gasteiger charge is 2.16. The molecule has 0 heterocycles. The molecule has 0 fully saturated rings. The fraction of sp³-hybridized carbons (Fsp3) is 0.700. The van der Waals surface area contributed by atoms with Gasteiger partial charge in [0.2, 0.25) is 11.8 Å². The van der Waals surface area contributed by atoms with Crippen LogP contribution in [0.15, 0.2) is 0 Å². The van der Waals surface area contributed by atoms with E-state index in [1.54, 1.807) is 11.8 Å². The molecule has 0 aliphatic heterocycles. The van der Waals surface area contributed by atoms with Crippen molar-refractivity contribution >= 4 is 29.5 Å². The summed E-state index contributed by atoms with van der Waals surface area (Å²) in [6, 6.07) is -1.64. The van der Waals surface area contributed by atoms with Gasteiger partial charge in [0.1, 0.15) is 6.04 Å². The molecule has 0 aliphatic rings. The lowest BCUT2D eigenvalue weighted by Gasteiger charge is -2.13. The van der Waals surface area contributed by atoms with E-state index in [2.05, 4.69) is 10.6 Å². The zero-order valence-electron chi connectivity index (χ0n) is 10.4. The van der Waals surface area contributed by atoms with Crippen LogP contribution in [0.1, 0.15) is 13.3 Å². The Morgan fingerprint density at radius 3 is 2.50 bits per heavy atom. The first-order chi connectivity index (χ1) is 8.38. The van der Waals surface area contributed by atoms with Crippen molar-refractivity contribution in [2.75, 3.05) is 18.6 Å². The number of carboxylic acids is 1. The summed E-state index contributed by atoms with van der Waals surface area (Å²) in [5.41, 5.74) is 5.59. The summed E-state index contributed by atoms with van der Waals surface area (Å²) in [5.74, 6) is -1.35. The summed E-state index contributed by atoms with van der Waals surface area (Å²) in [5, 5.41) is 13.1. The minimum absolute atomic E-state index is 0.274. The third-order valence-corrected chi connectivity index (χ3v) is 2.78. The number of amides is 2. The minimum Gasteiger partial charge on any atom is -0.480 e. The van der Waals surface area contributed by atoms with Gasteiger partial charge >= 0.3 is 5.97 Å². The second kappa shape index (κ2) is 8.76. The van der Waals surface area contributed by atoms with E-state index >= 15 is 0 Å². The summed E-state index contributed by atoms with van der Waals surface area (Å²) in [4.78, 5) is 33.2. The van der Waals surface area contributed by atoms with Crippen LogP contribution in [-0.2, 0) is 14.4 Å². The van der Waals surface area contributed by atoms with E-state index < -0.39 is 29.9 Å². The first-order valence-corrected chi connectivity index (χ1v) is 6.82. The van der Waals surface area contributed by atoms with Crippen LogP contribution in [-0.4, -0.2) is 53.5 Å². The molecule has 0 aromatic carbocycles. The van der Waals surface area contributed by atoms with Gasteiger partial charge in [0.25, 0.3) is 0 Å². The van der Waals surface area contributed by atoms with E-state index in [1.807, 2.05) is 6.26 Å². The van der Waals surface area contributed by atoms with Crippen LogP contribution < -0.4 is 16.4 Å². The van der Waals surface area contributed by atoms with E-state index in [0.29, 0.717) is 6.42 Å². The predicted molar refractivity (Wildman–Crippen MR) is 69.2 cm³/mol. The van der Waals surface area contributed by atoms with Gasteiger partial charge in [0.05, 0.1) is 12.6 Å². The number of carbonyl (C=O) groups is 3. The maximum atomic E-state index is 11.4. The summed E-state index contributed by atoms with van der Waals surface area (Å²) in [6.07, 6.45) is 2.44. The van der Waals surface area contributed by atoms with Gasteiger partial charge in [-0.2, -0.15) is 11.8 Å². The summed E-state index contributed by atoms with van der Waals surface area (Å²) >= 11 is 1.58. The van der Waals surface area contributed by atoms with Gasteiger partial charge in [0.15, 0.2) is 0 Å². The van der Waals surface area contributed by atoms with Gasteiger partial charge in [-0.1, -0.05) is 0 Å². The summed E-state index contributed by atoms with van der Waals surface area (Å²) in [6.45, 7) is 1.07. The Bertz CT molecular complexity index is 311. The van der Waals surface area contributed by atoms with Gasteiger partial charge < -0.3 is 21.5 Å². The molecule has 0 rings (SSSR count). The second-order valence-corrected chi connectivity index (χ2v) is 4.72. The monoisotopic (exact) mass is 277 g/mol. The lowest BCUT2D eigenvalue weighted by molar-refractivity contribution is -0.141. The molecular weight excluding hydrogens is 258 g/mol. The van der Waals surface area contributed by atoms with Crippen LogP contribution in [0.2, 0.25) is 0 Å². The molecule has 0 aliphatic carbocycles. The van der Waals surface area contributed by atoms with E-state index in [0.717, 1.165) is 5.75 Å². The maximum Gasteiger partial charge on any atom is 0.325 e. The molecule has 8 heteroatoms. The largest absolute Gasteiger partial charge is 0.480 e. The van der Waals surface area contributed by atoms with Gasteiger partial charge in [-0.15, -0.1) is 0 Å². The van der Waals surface area contributed by atoms with Gasteiger partial charge in [0, 0.05) is 0 Å². The highest BCUT2D eigenvalue weighted by molar-refractivity contribution is 7.98. The highest BCUT2D eigenvalue weighted by Crippen LogP contribution is 1.98. The number of carboxylic acid groups (broad SMARTS) is 1. The van der Waals surface area contributed by atoms with Crippen molar-refractivity contribution in [3.63, 3.8) is 0 Å². The Hall–Kier alpha value is -1.28. The summed E-state index contributed by atoms with van der Waals surface area (Å²) in [7, 11) is 0. The Morgan fingerprint density at radius 1 is 1.39 bits per heavy atom. The lowest BCUT2D eigenvalue weighted by atomic mass is 10.2. The quantitative estimate of drug-likeness (QED) is 0.441. The predicted octanol–water partition coefficient (Wildman–Crippen LogP) is -1.23. The van der Waals surface area contributed by atoms with Crippen LogP contribution in [0.3, 0.4) is 0 Å². The van der Waals surface area contributed by atoms with E-state index in [9.17, 15) is 14.4 Å². The normalized spacial score (nSPS) is 13.5. The Kier molecular flexibility index (Phi) is 8.14. The maximum absolute atomic E-state index is 11.4. The number of rotatable bonds is 8. The fourth-order valence-corrected chi connectivity index (χ4v) is 1.52. The SMILES string of the molecule is CSCC[C@H](N)C(=O)NCC(=O)N[C@@H](C)C(=O)O. The molecule has 0 saturated heterocycles. The molecule has 104 valence electrons. The third kappa shape index (κ3) is 7.13. The second-order valence-electron chi connectivity index (χ2n) is 3.73. The topological polar surface area (TPSA) is 122 Å². The zero-order valence-corrected chi connectivity index (χ0v) is 11.3. The number of aliphatic carboxylic acids is 1. The average Bonchev–Trinajstić information content (AvgIpc) is 2.32. The molecular formula is C10H19N3O4S. The van der Waals surface area contributed by atoms with Crippen LogP contribution in [0, 0.1) is 0 Å². The smallest absolute Gasteiger partial charge is 0.325 e. The van der Waals surface area contributed by atoms with Crippen LogP contribution >= 0.6 is 11.8 Å². The molecule has 0 bridgehead atoms. The van der Waals surface area contributed by atoms with Gasteiger partial charge in [-0.3, -0.25) is 14.4 Å². The first kappa shape index (κ1) is 16.7. The number of hydrogen-bond acceptors (Lipinski definition) is 5. The Morgan fingerprint density at radius 2 is 2.00 bits per heavy atom. The molecule has 7 nitrogen and oxygen atoms in total. The van der Waals surface area contributed by atoms with Crippen molar-refractivity contribution in [2.24, 2.45) is 5.73 Å². The van der Waals surface area contributed by atoms with Crippen molar-refractivity contribution in [3.8, 4) is 0 Å². The molecule has 0 radical (unpaired) electrons. The van der Waals surface area contributed by atoms with Gasteiger partial charge in [-0.05, 0) is 25.4 Å². The van der Waals surface area contributed by atoms with Crippen LogP contribution in [0.4, 0.5) is 0 Å². The molecule has 0 aromatic rings. The Labute approximate surface area is 110 Å². The molecule has 2 atom stereocenters. The Balaban J connectivity index is 3.91. The average molecular weight is 277 g/mol. The van der Waals surface area contributed by atoms with Gasteiger partial charge in [-0.25, -0.2) is 0 Å². The first-order valence-electron chi connectivity index (χ1n) is 5.42. The number of hydrogen-bond donors (Lipinski definition) is 4. The van der Waals surface area contributed by atoms with Crippen LogP contribution in [0.5, 0.6) is 0 Å². The fourth-order valence-electron chi connectivity index (χ4n) is 1.03. The van der Waals surface area contributed by atoms with E-state index in [4.69, 9.17) is 10.8 Å². The minimum atomic E-state index is -1.13. The van der Waals surface area contributed by atoms with Crippen molar-refractivity contribution in [1.29, 1.82) is 0 Å². The van der Waals surface area contributed by atoms with Crippen molar-refractivity contribution in [1.82, 2.24) is 10.6 Å². The van der Waals surface area contributed by atoms with Crippen molar-refractivity contribution < 1.29 is 19.5 Å². The zero-order chi connectivity index (χ0) is 14.1. The molecule has 18 heavy (non-hydrogen) atoms. The number of carbonyl (C=O) groups excluding carboxylic acids is 2. The molecule has 0 unspecified atom stereocenters. The van der Waals surface area contributed by atoms with Crippen LogP contribution in [0.25, 0.3) is 0 Å². The standard InChI is InChI=1S/C10H19N3O4S/c1-6(10(16)17)13-8(14)5-12-9(15)7(11)3-4-18-2/h6-7H,3-5,11H2,1-2H3,(H,12,15)(H,13,14)(H,16,17)/t6-,7-/m0/s1. The van der Waals surface area contributed by atoms with E-state index in [-0.39, 0.29) is 6.54 Å². The molecule has 5 N–H and O–H groups in total. The highest BCUT2D eigenvalue weighted by atomic mass is 32.2. The molecule has 2 amide bonds. The number of nitrogens with one attached hydrogen (secondary N) is 2. The third-order valence-electron chi connectivity index (χ3n) is 2.14. The van der Waals surface area contributed by atoms with Crippen molar-refractivity contribution in [2.45, 2.75) is 25.4 Å². The molecule has 0 saturated carbocycles. The number of nitrogens with two attached hydrogens (primary N) is 1. The molecule has 0 aromatic heterocycles. The van der Waals surface area contributed by atoms with Crippen molar-refractivity contribution in [3.05, 3.63) is 0 Å². The molecule has 0 spiro atoms. The summed E-state index contributed by atoms with van der Waals surface area (Å²) < 4.78 is 0. The number of thioether (sulfide) groups is 1. The lowest BCUT2D eigenvalue weighted by Crippen LogP contribution is -2.47.